The standard InChI is InChI=1S/C16H12BrClN4S/c17-10-1-5-12(6-2-10)22-15-14(19)16(21-9-20-15)23-13-7-3-11(18)4-8-13/h1-9H,19H2,(H,20,21,22). The summed E-state index contributed by atoms with van der Waals surface area (Å²) in [6, 6.07) is 15.3. The van der Waals surface area contributed by atoms with Crippen molar-refractivity contribution in [3.63, 3.8) is 0 Å². The van der Waals surface area contributed by atoms with Gasteiger partial charge in [0.05, 0.1) is 0 Å². The lowest BCUT2D eigenvalue weighted by Gasteiger charge is -2.11. The van der Waals surface area contributed by atoms with E-state index in [1.807, 2.05) is 48.5 Å². The molecule has 3 N–H and O–H groups in total. The van der Waals surface area contributed by atoms with Crippen LogP contribution in [0.2, 0.25) is 5.02 Å². The molecule has 0 unspecified atom stereocenters. The Labute approximate surface area is 151 Å². The summed E-state index contributed by atoms with van der Waals surface area (Å²) in [5, 5.41) is 4.60. The molecule has 0 fully saturated rings. The fraction of sp³-hybridized carbons (Fsp3) is 0. The van der Waals surface area contributed by atoms with Crippen molar-refractivity contribution in [3.05, 3.63) is 64.4 Å². The molecule has 0 aliphatic heterocycles. The van der Waals surface area contributed by atoms with E-state index in [9.17, 15) is 0 Å². The number of rotatable bonds is 4. The minimum absolute atomic E-state index is 0.510. The number of benzene rings is 2. The molecule has 4 nitrogen and oxygen atoms in total. The molecular weight excluding hydrogens is 396 g/mol. The third-order valence-corrected chi connectivity index (χ3v) is 4.79. The van der Waals surface area contributed by atoms with Crippen molar-refractivity contribution in [1.82, 2.24) is 9.97 Å². The number of anilines is 3. The molecule has 0 aliphatic rings. The average molecular weight is 408 g/mol. The Balaban J connectivity index is 1.83. The summed E-state index contributed by atoms with van der Waals surface area (Å²) in [4.78, 5) is 9.49. The summed E-state index contributed by atoms with van der Waals surface area (Å²) in [6.45, 7) is 0. The molecule has 0 saturated carbocycles. The Morgan fingerprint density at radius 1 is 1.00 bits per heavy atom. The molecule has 0 bridgehead atoms. The lowest BCUT2D eigenvalue weighted by molar-refractivity contribution is 1.06. The fourth-order valence-electron chi connectivity index (χ4n) is 1.84. The van der Waals surface area contributed by atoms with Gasteiger partial charge in [0.15, 0.2) is 5.82 Å². The maximum Gasteiger partial charge on any atom is 0.158 e. The SMILES string of the molecule is Nc1c(Nc2ccc(Br)cc2)ncnc1Sc1ccc(Cl)cc1. The summed E-state index contributed by atoms with van der Waals surface area (Å²) in [6.07, 6.45) is 1.50. The lowest BCUT2D eigenvalue weighted by atomic mass is 10.3. The summed E-state index contributed by atoms with van der Waals surface area (Å²) >= 11 is 10.8. The molecule has 116 valence electrons. The number of aromatic nitrogens is 2. The quantitative estimate of drug-likeness (QED) is 0.569. The Hall–Kier alpha value is -1.76. The second-order valence-corrected chi connectivity index (χ2v) is 7.04. The van der Waals surface area contributed by atoms with E-state index < -0.39 is 0 Å². The monoisotopic (exact) mass is 406 g/mol. The van der Waals surface area contributed by atoms with Gasteiger partial charge >= 0.3 is 0 Å². The van der Waals surface area contributed by atoms with E-state index in [1.165, 1.54) is 18.1 Å². The van der Waals surface area contributed by atoms with Crippen LogP contribution in [-0.2, 0) is 0 Å². The highest BCUT2D eigenvalue weighted by molar-refractivity contribution is 9.10. The minimum Gasteiger partial charge on any atom is -0.394 e. The summed E-state index contributed by atoms with van der Waals surface area (Å²) in [5.74, 6) is 0.582. The molecule has 0 aliphatic carbocycles. The van der Waals surface area contributed by atoms with Gasteiger partial charge < -0.3 is 11.1 Å². The van der Waals surface area contributed by atoms with Gasteiger partial charge in [0.25, 0.3) is 0 Å². The van der Waals surface area contributed by atoms with Crippen LogP contribution < -0.4 is 11.1 Å². The van der Waals surface area contributed by atoms with Gasteiger partial charge in [-0.25, -0.2) is 9.97 Å². The van der Waals surface area contributed by atoms with Gasteiger partial charge in [-0.15, -0.1) is 0 Å². The maximum atomic E-state index is 6.20. The molecule has 1 heterocycles. The highest BCUT2D eigenvalue weighted by atomic mass is 79.9. The second kappa shape index (κ2) is 7.21. The topological polar surface area (TPSA) is 63.8 Å². The zero-order valence-electron chi connectivity index (χ0n) is 11.8. The van der Waals surface area contributed by atoms with Crippen LogP contribution >= 0.6 is 39.3 Å². The molecule has 2 aromatic carbocycles. The van der Waals surface area contributed by atoms with Crippen LogP contribution in [0.15, 0.2) is 69.3 Å². The molecule has 23 heavy (non-hydrogen) atoms. The van der Waals surface area contributed by atoms with Crippen molar-refractivity contribution in [2.75, 3.05) is 11.1 Å². The Morgan fingerprint density at radius 2 is 1.70 bits per heavy atom. The molecule has 7 heteroatoms. The van der Waals surface area contributed by atoms with Gasteiger partial charge in [0, 0.05) is 20.1 Å². The normalized spacial score (nSPS) is 10.5. The van der Waals surface area contributed by atoms with E-state index in [2.05, 4.69) is 31.2 Å². The van der Waals surface area contributed by atoms with Crippen molar-refractivity contribution in [2.24, 2.45) is 0 Å². The van der Waals surface area contributed by atoms with E-state index in [1.54, 1.807) is 0 Å². The summed E-state index contributed by atoms with van der Waals surface area (Å²) < 4.78 is 1.01. The largest absolute Gasteiger partial charge is 0.394 e. The molecular formula is C16H12BrClN4S. The maximum absolute atomic E-state index is 6.20. The minimum atomic E-state index is 0.510. The van der Waals surface area contributed by atoms with Crippen LogP contribution in [0, 0.1) is 0 Å². The number of hydrogen-bond acceptors (Lipinski definition) is 5. The van der Waals surface area contributed by atoms with Crippen LogP contribution in [0.4, 0.5) is 17.2 Å². The highest BCUT2D eigenvalue weighted by Gasteiger charge is 2.10. The average Bonchev–Trinajstić information content (AvgIpc) is 2.55. The van der Waals surface area contributed by atoms with Crippen LogP contribution in [0.3, 0.4) is 0 Å². The van der Waals surface area contributed by atoms with Crippen molar-refractivity contribution < 1.29 is 0 Å². The Kier molecular flexibility index (Phi) is 5.05. The smallest absolute Gasteiger partial charge is 0.158 e. The summed E-state index contributed by atoms with van der Waals surface area (Å²) in [5.41, 5.74) is 7.61. The van der Waals surface area contributed by atoms with Crippen molar-refractivity contribution in [2.45, 2.75) is 9.92 Å². The Bertz CT molecular complexity index is 744. The molecule has 0 atom stereocenters. The first kappa shape index (κ1) is 16.1. The van der Waals surface area contributed by atoms with Gasteiger partial charge in [-0.2, -0.15) is 0 Å². The van der Waals surface area contributed by atoms with Crippen LogP contribution in [0.5, 0.6) is 0 Å². The predicted molar refractivity (Wildman–Crippen MR) is 99.4 cm³/mol. The molecule has 3 rings (SSSR count). The van der Waals surface area contributed by atoms with Crippen molar-refractivity contribution in [3.8, 4) is 0 Å². The van der Waals surface area contributed by atoms with Crippen molar-refractivity contribution in [1.29, 1.82) is 0 Å². The Morgan fingerprint density at radius 3 is 2.39 bits per heavy atom. The van der Waals surface area contributed by atoms with Gasteiger partial charge in [0.2, 0.25) is 0 Å². The van der Waals surface area contributed by atoms with Crippen LogP contribution in [0.25, 0.3) is 0 Å². The van der Waals surface area contributed by atoms with Gasteiger partial charge in [-0.3, -0.25) is 0 Å². The second-order valence-electron chi connectivity index (χ2n) is 4.63. The number of nitrogens with zero attached hydrogens (tertiary/aromatic N) is 2. The molecule has 3 aromatic rings. The number of nitrogens with two attached hydrogens (primary N) is 1. The number of nitrogens with one attached hydrogen (secondary N) is 1. The van der Waals surface area contributed by atoms with E-state index >= 15 is 0 Å². The zero-order chi connectivity index (χ0) is 16.2. The molecule has 1 aromatic heterocycles. The number of nitrogen functional groups attached to an aromatic ring is 1. The first-order chi connectivity index (χ1) is 11.1. The highest BCUT2D eigenvalue weighted by Crippen LogP contribution is 2.34. The molecule has 0 spiro atoms. The van der Waals surface area contributed by atoms with E-state index in [4.69, 9.17) is 17.3 Å². The van der Waals surface area contributed by atoms with Gasteiger partial charge in [-0.05, 0) is 48.5 Å². The lowest BCUT2D eigenvalue weighted by Crippen LogP contribution is -2.02. The summed E-state index contributed by atoms with van der Waals surface area (Å²) in [7, 11) is 0. The first-order valence-electron chi connectivity index (χ1n) is 6.68. The zero-order valence-corrected chi connectivity index (χ0v) is 15.0. The van der Waals surface area contributed by atoms with Crippen LogP contribution in [0.1, 0.15) is 0 Å². The predicted octanol–water partition coefficient (Wildman–Crippen LogP) is 5.37. The third kappa shape index (κ3) is 4.16. The third-order valence-electron chi connectivity index (χ3n) is 2.98. The van der Waals surface area contributed by atoms with Gasteiger partial charge in [-0.1, -0.05) is 39.3 Å². The van der Waals surface area contributed by atoms with Crippen LogP contribution in [-0.4, -0.2) is 9.97 Å². The number of halogens is 2. The van der Waals surface area contributed by atoms with Crippen molar-refractivity contribution >= 4 is 56.5 Å². The van der Waals surface area contributed by atoms with E-state index in [0.717, 1.165) is 15.1 Å². The first-order valence-corrected chi connectivity index (χ1v) is 8.67. The fourth-order valence-corrected chi connectivity index (χ4v) is 3.04. The number of hydrogen-bond donors (Lipinski definition) is 2. The molecule has 0 saturated heterocycles. The molecule has 0 amide bonds. The van der Waals surface area contributed by atoms with E-state index in [-0.39, 0.29) is 0 Å². The molecule has 0 radical (unpaired) electrons. The van der Waals surface area contributed by atoms with Gasteiger partial charge in [0.1, 0.15) is 17.0 Å². The van der Waals surface area contributed by atoms with E-state index in [0.29, 0.717) is 21.6 Å².